The van der Waals surface area contributed by atoms with Crippen LogP contribution < -0.4 is 16.2 Å². The minimum Gasteiger partial charge on any atom is -0.349 e. The first-order valence-corrected chi connectivity index (χ1v) is 8.58. The van der Waals surface area contributed by atoms with Crippen LogP contribution in [0.4, 0.5) is 11.8 Å². The molecule has 0 amide bonds. The minimum atomic E-state index is 0.323. The number of fused-ring (bicyclic) bond motifs is 2. The molecule has 0 spiro atoms. The zero-order valence-electron chi connectivity index (χ0n) is 11.5. The number of thiophene rings is 2. The Bertz CT molecular complexity index is 794. The number of nitrogens with one attached hydrogen (secondary N) is 1. The molecule has 0 saturated heterocycles. The Morgan fingerprint density at radius 2 is 2.14 bits per heavy atom. The van der Waals surface area contributed by atoms with E-state index in [9.17, 15) is 0 Å². The molecule has 1 aliphatic rings. The van der Waals surface area contributed by atoms with Crippen molar-refractivity contribution >= 4 is 44.7 Å². The number of nitrogens with two attached hydrogens (primary N) is 1. The second kappa shape index (κ2) is 4.94. The highest BCUT2D eigenvalue weighted by molar-refractivity contribution is 7.16. The molecule has 4 rings (SSSR count). The molecule has 0 aromatic carbocycles. The van der Waals surface area contributed by atoms with Crippen molar-refractivity contribution < 1.29 is 0 Å². The predicted octanol–water partition coefficient (Wildman–Crippen LogP) is 3.16. The Morgan fingerprint density at radius 3 is 3.00 bits per heavy atom. The fraction of sp³-hybridized carbons (Fsp3) is 0.286. The van der Waals surface area contributed by atoms with E-state index in [0.29, 0.717) is 12.0 Å². The molecule has 1 atom stereocenters. The van der Waals surface area contributed by atoms with Crippen molar-refractivity contribution in [3.8, 4) is 0 Å². The van der Waals surface area contributed by atoms with E-state index in [1.165, 1.54) is 10.4 Å². The molecule has 1 aliphatic heterocycles. The largest absolute Gasteiger partial charge is 0.349 e. The van der Waals surface area contributed by atoms with Crippen molar-refractivity contribution in [2.45, 2.75) is 19.4 Å². The summed E-state index contributed by atoms with van der Waals surface area (Å²) in [7, 11) is 0. The number of nitrogen functional groups attached to an aromatic ring is 1. The smallest absolute Gasteiger partial charge is 0.240 e. The lowest BCUT2D eigenvalue weighted by molar-refractivity contribution is 0.627. The Kier molecular flexibility index (Phi) is 3.06. The van der Waals surface area contributed by atoms with Crippen molar-refractivity contribution in [2.75, 3.05) is 16.9 Å². The Balaban J connectivity index is 1.85. The summed E-state index contributed by atoms with van der Waals surface area (Å²) in [6.07, 6.45) is 1.07. The van der Waals surface area contributed by atoms with Crippen molar-refractivity contribution in [2.24, 2.45) is 5.84 Å². The molecule has 5 nitrogen and oxygen atoms in total. The number of hydrogen-bond acceptors (Lipinski definition) is 7. The average molecular weight is 317 g/mol. The molecule has 7 heteroatoms. The maximum atomic E-state index is 5.52. The van der Waals surface area contributed by atoms with E-state index in [1.807, 2.05) is 16.7 Å². The normalized spacial score (nSPS) is 18.0. The summed E-state index contributed by atoms with van der Waals surface area (Å²) >= 11 is 3.46. The van der Waals surface area contributed by atoms with Gasteiger partial charge >= 0.3 is 0 Å². The van der Waals surface area contributed by atoms with Crippen LogP contribution in [0.15, 0.2) is 22.9 Å². The van der Waals surface area contributed by atoms with Gasteiger partial charge in [-0.2, -0.15) is 4.98 Å². The quantitative estimate of drug-likeness (QED) is 0.561. The number of anilines is 2. The van der Waals surface area contributed by atoms with Crippen LogP contribution >= 0.6 is 22.7 Å². The standard InChI is InChI=1S/C14H15N5S2/c1-8-9-3-6-20-11(9)2-5-19(8)12-10-4-7-21-13(10)17-14(16-12)18-15/h3-4,6-8H,2,5,15H2,1H3,(H,16,17,18). The first kappa shape index (κ1) is 13.0. The summed E-state index contributed by atoms with van der Waals surface area (Å²) < 4.78 is 0. The third kappa shape index (κ3) is 2.00. The summed E-state index contributed by atoms with van der Waals surface area (Å²) in [5.41, 5.74) is 3.99. The predicted molar refractivity (Wildman–Crippen MR) is 89.0 cm³/mol. The highest BCUT2D eigenvalue weighted by Crippen LogP contribution is 2.38. The maximum absolute atomic E-state index is 5.52. The molecule has 0 saturated carbocycles. The Hall–Kier alpha value is -1.70. The summed E-state index contributed by atoms with van der Waals surface area (Å²) in [6, 6.07) is 4.64. The maximum Gasteiger partial charge on any atom is 0.240 e. The molecule has 4 heterocycles. The first-order valence-electron chi connectivity index (χ1n) is 6.82. The van der Waals surface area contributed by atoms with Crippen LogP contribution in [0.25, 0.3) is 10.2 Å². The van der Waals surface area contributed by atoms with E-state index in [4.69, 9.17) is 5.84 Å². The number of hydrogen-bond donors (Lipinski definition) is 2. The number of rotatable bonds is 2. The van der Waals surface area contributed by atoms with Crippen molar-refractivity contribution in [3.63, 3.8) is 0 Å². The van der Waals surface area contributed by atoms with Crippen LogP contribution in [0.3, 0.4) is 0 Å². The van der Waals surface area contributed by atoms with Crippen molar-refractivity contribution in [1.29, 1.82) is 0 Å². The molecule has 3 aromatic heterocycles. The molecule has 0 bridgehead atoms. The van der Waals surface area contributed by atoms with Gasteiger partial charge in [-0.05, 0) is 41.8 Å². The third-order valence-corrected chi connectivity index (χ3v) is 5.79. The van der Waals surface area contributed by atoms with Gasteiger partial charge < -0.3 is 4.90 Å². The number of aromatic nitrogens is 2. The van der Waals surface area contributed by atoms with Gasteiger partial charge in [-0.25, -0.2) is 10.8 Å². The van der Waals surface area contributed by atoms with Crippen molar-refractivity contribution in [1.82, 2.24) is 9.97 Å². The molecule has 0 radical (unpaired) electrons. The molecule has 0 aliphatic carbocycles. The fourth-order valence-corrected chi connectivity index (χ4v) is 4.64. The highest BCUT2D eigenvalue weighted by Gasteiger charge is 2.27. The van der Waals surface area contributed by atoms with Gasteiger partial charge in [-0.15, -0.1) is 22.7 Å². The lowest BCUT2D eigenvalue weighted by Crippen LogP contribution is -2.34. The topological polar surface area (TPSA) is 67.1 Å². The van der Waals surface area contributed by atoms with Gasteiger partial charge in [0.2, 0.25) is 5.95 Å². The summed E-state index contributed by atoms with van der Waals surface area (Å²) in [5.74, 6) is 6.96. The summed E-state index contributed by atoms with van der Waals surface area (Å²) in [4.78, 5) is 13.8. The average Bonchev–Trinajstić information content (AvgIpc) is 3.15. The Labute approximate surface area is 130 Å². The molecule has 0 fully saturated rings. The van der Waals surface area contributed by atoms with Crippen LogP contribution in [-0.4, -0.2) is 16.5 Å². The van der Waals surface area contributed by atoms with E-state index < -0.39 is 0 Å². The van der Waals surface area contributed by atoms with Gasteiger partial charge in [-0.3, -0.25) is 5.43 Å². The van der Waals surface area contributed by atoms with Gasteiger partial charge in [-0.1, -0.05) is 0 Å². The summed E-state index contributed by atoms with van der Waals surface area (Å²) in [6.45, 7) is 3.21. The van der Waals surface area contributed by atoms with E-state index in [0.717, 1.165) is 29.0 Å². The van der Waals surface area contributed by atoms with Crippen LogP contribution in [0.5, 0.6) is 0 Å². The zero-order valence-corrected chi connectivity index (χ0v) is 13.2. The second-order valence-electron chi connectivity index (χ2n) is 5.07. The lowest BCUT2D eigenvalue weighted by atomic mass is 10.0. The third-order valence-electron chi connectivity index (χ3n) is 3.98. The van der Waals surface area contributed by atoms with Gasteiger partial charge in [0.05, 0.1) is 11.4 Å². The lowest BCUT2D eigenvalue weighted by Gasteiger charge is -2.35. The monoisotopic (exact) mass is 317 g/mol. The van der Waals surface area contributed by atoms with Gasteiger partial charge in [0.25, 0.3) is 0 Å². The fourth-order valence-electron chi connectivity index (χ4n) is 2.92. The molecule has 3 aromatic rings. The SMILES string of the molecule is CC1c2ccsc2CCN1c1nc(NN)nc2sccc12. The zero-order chi connectivity index (χ0) is 14.4. The molecule has 21 heavy (non-hydrogen) atoms. The van der Waals surface area contributed by atoms with Gasteiger partial charge in [0.15, 0.2) is 0 Å². The van der Waals surface area contributed by atoms with E-state index in [2.05, 4.69) is 44.7 Å². The van der Waals surface area contributed by atoms with Crippen molar-refractivity contribution in [3.05, 3.63) is 33.3 Å². The molecule has 1 unspecified atom stereocenters. The van der Waals surface area contributed by atoms with Crippen LogP contribution in [0.2, 0.25) is 0 Å². The van der Waals surface area contributed by atoms with Crippen LogP contribution in [0, 0.1) is 0 Å². The van der Waals surface area contributed by atoms with Crippen LogP contribution in [0.1, 0.15) is 23.4 Å². The van der Waals surface area contributed by atoms with E-state index in [1.54, 1.807) is 11.3 Å². The van der Waals surface area contributed by atoms with Gasteiger partial charge in [0.1, 0.15) is 10.6 Å². The van der Waals surface area contributed by atoms with Crippen LogP contribution in [-0.2, 0) is 6.42 Å². The summed E-state index contributed by atoms with van der Waals surface area (Å²) in [5, 5.41) is 5.33. The van der Waals surface area contributed by atoms with E-state index >= 15 is 0 Å². The van der Waals surface area contributed by atoms with Gasteiger partial charge in [0, 0.05) is 11.4 Å². The van der Waals surface area contributed by atoms with E-state index in [-0.39, 0.29) is 0 Å². The highest BCUT2D eigenvalue weighted by atomic mass is 32.1. The molecular formula is C14H15N5S2. The molecular weight excluding hydrogens is 302 g/mol. The minimum absolute atomic E-state index is 0.323. The molecule has 3 N–H and O–H groups in total. The Morgan fingerprint density at radius 1 is 1.29 bits per heavy atom. The first-order chi connectivity index (χ1) is 10.3. The number of hydrazine groups is 1. The molecule has 108 valence electrons. The number of nitrogens with zero attached hydrogens (tertiary/aromatic N) is 3. The second-order valence-corrected chi connectivity index (χ2v) is 6.97.